The van der Waals surface area contributed by atoms with Gasteiger partial charge in [-0.3, -0.25) is 14.0 Å². The van der Waals surface area contributed by atoms with E-state index in [1.54, 1.807) is 23.2 Å². The summed E-state index contributed by atoms with van der Waals surface area (Å²) in [7, 11) is 0. The molecule has 8 heteroatoms. The summed E-state index contributed by atoms with van der Waals surface area (Å²) in [6, 6.07) is 5.37. The number of rotatable bonds is 4. The van der Waals surface area contributed by atoms with E-state index >= 15 is 0 Å². The maximum absolute atomic E-state index is 12.6. The minimum Gasteiger partial charge on any atom is -0.339 e. The van der Waals surface area contributed by atoms with Crippen LogP contribution in [0.25, 0.3) is 5.65 Å². The number of carbonyl (C=O) groups is 2. The molecule has 2 fully saturated rings. The predicted molar refractivity (Wildman–Crippen MR) is 104 cm³/mol. The van der Waals surface area contributed by atoms with Crippen LogP contribution in [0.4, 0.5) is 0 Å². The standard InChI is InChI=1S/C20H27N5O3/c26-18(9-11-25-20(28)24-10-5-4-8-17(24)21-25)22-12-14-23(15-13-22)19(27)16-6-2-1-3-7-16/h4-5,8,10,16H,1-3,6-7,9,11-15H2. The van der Waals surface area contributed by atoms with E-state index in [4.69, 9.17) is 0 Å². The molecule has 8 nitrogen and oxygen atoms in total. The third-order valence-electron chi connectivity index (χ3n) is 5.92. The molecule has 0 unspecified atom stereocenters. The summed E-state index contributed by atoms with van der Waals surface area (Å²) < 4.78 is 2.82. The van der Waals surface area contributed by atoms with Crippen LogP contribution in [-0.2, 0) is 16.1 Å². The summed E-state index contributed by atoms with van der Waals surface area (Å²) >= 11 is 0. The first-order valence-electron chi connectivity index (χ1n) is 10.2. The van der Waals surface area contributed by atoms with Crippen molar-refractivity contribution < 1.29 is 9.59 Å². The average molecular weight is 385 g/mol. The van der Waals surface area contributed by atoms with Crippen molar-refractivity contribution in [2.45, 2.75) is 45.1 Å². The van der Waals surface area contributed by atoms with E-state index < -0.39 is 0 Å². The molecule has 3 heterocycles. The average Bonchev–Trinajstić information content (AvgIpc) is 3.08. The molecule has 28 heavy (non-hydrogen) atoms. The summed E-state index contributed by atoms with van der Waals surface area (Å²) in [6.45, 7) is 2.61. The van der Waals surface area contributed by atoms with Gasteiger partial charge < -0.3 is 9.80 Å². The Morgan fingerprint density at radius 3 is 2.43 bits per heavy atom. The highest BCUT2D eigenvalue weighted by Crippen LogP contribution is 2.25. The number of aryl methyl sites for hydroxylation is 1. The van der Waals surface area contributed by atoms with Crippen LogP contribution >= 0.6 is 0 Å². The van der Waals surface area contributed by atoms with Crippen molar-refractivity contribution in [3.63, 3.8) is 0 Å². The van der Waals surface area contributed by atoms with E-state index in [1.165, 1.54) is 15.5 Å². The van der Waals surface area contributed by atoms with Crippen LogP contribution in [0, 0.1) is 5.92 Å². The van der Waals surface area contributed by atoms with Crippen molar-refractivity contribution >= 4 is 17.5 Å². The SMILES string of the molecule is O=C(CCn1nc2ccccn2c1=O)N1CCN(C(=O)C2CCCCC2)CC1. The number of amides is 2. The molecule has 1 saturated heterocycles. The van der Waals surface area contributed by atoms with Gasteiger partial charge in [-0.1, -0.05) is 25.3 Å². The summed E-state index contributed by atoms with van der Waals surface area (Å²) in [5.74, 6) is 0.453. The minimum absolute atomic E-state index is 0.00808. The number of carbonyl (C=O) groups excluding carboxylic acids is 2. The molecule has 0 N–H and O–H groups in total. The van der Waals surface area contributed by atoms with Crippen molar-refractivity contribution in [1.29, 1.82) is 0 Å². The van der Waals surface area contributed by atoms with Gasteiger partial charge in [0, 0.05) is 44.7 Å². The molecule has 2 aromatic heterocycles. The number of aromatic nitrogens is 3. The van der Waals surface area contributed by atoms with Crippen molar-refractivity contribution in [3.8, 4) is 0 Å². The lowest BCUT2D eigenvalue weighted by molar-refractivity contribution is -0.143. The summed E-state index contributed by atoms with van der Waals surface area (Å²) in [6.07, 6.45) is 7.46. The summed E-state index contributed by atoms with van der Waals surface area (Å²) in [4.78, 5) is 41.2. The van der Waals surface area contributed by atoms with E-state index in [0.717, 1.165) is 25.7 Å². The molecular weight excluding hydrogens is 358 g/mol. The Labute approximate surface area is 163 Å². The third kappa shape index (κ3) is 3.81. The van der Waals surface area contributed by atoms with E-state index in [1.807, 2.05) is 11.0 Å². The fraction of sp³-hybridized carbons (Fsp3) is 0.600. The fourth-order valence-electron chi connectivity index (χ4n) is 4.26. The Morgan fingerprint density at radius 1 is 1.00 bits per heavy atom. The first-order chi connectivity index (χ1) is 13.6. The van der Waals surface area contributed by atoms with E-state index in [0.29, 0.717) is 31.8 Å². The first kappa shape index (κ1) is 18.7. The van der Waals surface area contributed by atoms with Crippen molar-refractivity contribution in [1.82, 2.24) is 24.0 Å². The van der Waals surface area contributed by atoms with Gasteiger partial charge >= 0.3 is 5.69 Å². The molecule has 1 saturated carbocycles. The van der Waals surface area contributed by atoms with Crippen LogP contribution in [-0.4, -0.2) is 62.0 Å². The summed E-state index contributed by atoms with van der Waals surface area (Å²) in [5.41, 5.74) is 0.348. The monoisotopic (exact) mass is 385 g/mol. The Bertz CT molecular complexity index is 904. The number of hydrogen-bond acceptors (Lipinski definition) is 4. The molecule has 2 amide bonds. The van der Waals surface area contributed by atoms with Gasteiger partial charge in [-0.05, 0) is 25.0 Å². The molecule has 150 valence electrons. The van der Waals surface area contributed by atoms with Gasteiger partial charge in [0.05, 0.1) is 6.54 Å². The highest BCUT2D eigenvalue weighted by atomic mass is 16.2. The first-order valence-corrected chi connectivity index (χ1v) is 10.2. The van der Waals surface area contributed by atoms with E-state index in [-0.39, 0.29) is 36.4 Å². The van der Waals surface area contributed by atoms with Gasteiger partial charge in [-0.15, -0.1) is 5.10 Å². The van der Waals surface area contributed by atoms with Gasteiger partial charge in [-0.25, -0.2) is 9.48 Å². The van der Waals surface area contributed by atoms with Crippen LogP contribution in [0.2, 0.25) is 0 Å². The van der Waals surface area contributed by atoms with Gasteiger partial charge in [0.25, 0.3) is 0 Å². The number of fused-ring (bicyclic) bond motifs is 1. The highest BCUT2D eigenvalue weighted by Gasteiger charge is 2.29. The molecule has 0 spiro atoms. The lowest BCUT2D eigenvalue weighted by Crippen LogP contribution is -2.52. The Kier molecular flexibility index (Phi) is 5.45. The second kappa shape index (κ2) is 8.16. The molecule has 1 aliphatic carbocycles. The quantitative estimate of drug-likeness (QED) is 0.790. The number of piperazine rings is 1. The molecule has 0 bridgehead atoms. The van der Waals surface area contributed by atoms with Crippen molar-refractivity contribution in [2.24, 2.45) is 5.92 Å². The van der Waals surface area contributed by atoms with Crippen LogP contribution in [0.1, 0.15) is 38.5 Å². The lowest BCUT2D eigenvalue weighted by atomic mass is 9.88. The summed E-state index contributed by atoms with van der Waals surface area (Å²) in [5, 5.41) is 4.26. The van der Waals surface area contributed by atoms with Crippen LogP contribution < -0.4 is 5.69 Å². The zero-order valence-corrected chi connectivity index (χ0v) is 16.1. The fourth-order valence-corrected chi connectivity index (χ4v) is 4.26. The zero-order chi connectivity index (χ0) is 19.5. The van der Waals surface area contributed by atoms with Gasteiger partial charge in [0.2, 0.25) is 11.8 Å². The van der Waals surface area contributed by atoms with E-state index in [2.05, 4.69) is 5.10 Å². The highest BCUT2D eigenvalue weighted by molar-refractivity contribution is 5.80. The molecule has 0 aromatic carbocycles. The molecule has 0 atom stereocenters. The number of pyridine rings is 1. The molecule has 2 aromatic rings. The maximum Gasteiger partial charge on any atom is 0.350 e. The van der Waals surface area contributed by atoms with E-state index in [9.17, 15) is 14.4 Å². The van der Waals surface area contributed by atoms with Crippen molar-refractivity contribution in [3.05, 3.63) is 34.9 Å². The number of hydrogen-bond donors (Lipinski definition) is 0. The molecular formula is C20H27N5O3. The zero-order valence-electron chi connectivity index (χ0n) is 16.1. The third-order valence-corrected chi connectivity index (χ3v) is 5.92. The Hall–Kier alpha value is -2.64. The topological polar surface area (TPSA) is 79.9 Å². The Morgan fingerprint density at radius 2 is 1.71 bits per heavy atom. The largest absolute Gasteiger partial charge is 0.350 e. The smallest absolute Gasteiger partial charge is 0.339 e. The van der Waals surface area contributed by atoms with Crippen LogP contribution in [0.5, 0.6) is 0 Å². The van der Waals surface area contributed by atoms with Crippen LogP contribution in [0.3, 0.4) is 0 Å². The minimum atomic E-state index is -0.230. The predicted octanol–water partition coefficient (Wildman–Crippen LogP) is 1.14. The molecule has 0 radical (unpaired) electrons. The number of nitrogens with zero attached hydrogens (tertiary/aromatic N) is 5. The molecule has 1 aliphatic heterocycles. The van der Waals surface area contributed by atoms with Crippen LogP contribution in [0.15, 0.2) is 29.2 Å². The Balaban J connectivity index is 1.28. The second-order valence-electron chi connectivity index (χ2n) is 7.73. The van der Waals surface area contributed by atoms with Gasteiger partial charge in [0.15, 0.2) is 5.65 Å². The normalized spacial score (nSPS) is 18.6. The van der Waals surface area contributed by atoms with Gasteiger partial charge in [0.1, 0.15) is 0 Å². The maximum atomic E-state index is 12.6. The molecule has 2 aliphatic rings. The van der Waals surface area contributed by atoms with Gasteiger partial charge in [-0.2, -0.15) is 0 Å². The second-order valence-corrected chi connectivity index (χ2v) is 7.73. The lowest BCUT2D eigenvalue weighted by Gasteiger charge is -2.37. The molecule has 4 rings (SSSR count). The van der Waals surface area contributed by atoms with Crippen molar-refractivity contribution in [2.75, 3.05) is 26.2 Å².